The van der Waals surface area contributed by atoms with Crippen LogP contribution in [-0.4, -0.2) is 15.7 Å². The van der Waals surface area contributed by atoms with Gasteiger partial charge in [0, 0.05) is 21.8 Å². The third kappa shape index (κ3) is 5.15. The van der Waals surface area contributed by atoms with Crippen LogP contribution in [0.1, 0.15) is 33.0 Å². The molecule has 0 fully saturated rings. The van der Waals surface area contributed by atoms with Gasteiger partial charge >= 0.3 is 0 Å². The molecule has 0 aliphatic carbocycles. The van der Waals surface area contributed by atoms with E-state index in [-0.39, 0.29) is 18.3 Å². The molecule has 0 aliphatic heterocycles. The number of rotatable bonds is 7. The molecular formula is C24H21Cl2N3O3. The number of carbonyl (C=O) groups excluding carboxylic acids is 1. The number of nitrogens with one attached hydrogen (secondary N) is 1. The predicted molar refractivity (Wildman–Crippen MR) is 125 cm³/mol. The van der Waals surface area contributed by atoms with Gasteiger partial charge in [0.05, 0.1) is 18.4 Å². The van der Waals surface area contributed by atoms with Crippen molar-refractivity contribution in [3.63, 3.8) is 0 Å². The molecule has 1 N–H and O–H groups in total. The number of aromatic nitrogens is 2. The Balaban J connectivity index is 1.37. The molecule has 0 saturated carbocycles. The predicted octanol–water partition coefficient (Wildman–Crippen LogP) is 6.28. The highest BCUT2D eigenvalue weighted by molar-refractivity contribution is 6.35. The van der Waals surface area contributed by atoms with Gasteiger partial charge in [-0.25, -0.2) is 0 Å². The molecular weight excluding hydrogens is 449 g/mol. The molecule has 0 spiro atoms. The monoisotopic (exact) mass is 469 g/mol. The quantitative estimate of drug-likeness (QED) is 0.345. The number of halogens is 2. The van der Waals surface area contributed by atoms with Crippen LogP contribution in [0, 0.1) is 13.8 Å². The first kappa shape index (κ1) is 22.0. The molecule has 0 unspecified atom stereocenters. The van der Waals surface area contributed by atoms with Gasteiger partial charge in [0.25, 0.3) is 5.91 Å². The first-order chi connectivity index (χ1) is 15.4. The number of anilines is 1. The van der Waals surface area contributed by atoms with Gasteiger partial charge in [0.2, 0.25) is 0 Å². The van der Waals surface area contributed by atoms with E-state index >= 15 is 0 Å². The second-order valence-corrected chi connectivity index (χ2v) is 8.22. The van der Waals surface area contributed by atoms with Crippen LogP contribution in [0.2, 0.25) is 10.0 Å². The van der Waals surface area contributed by atoms with E-state index in [4.69, 9.17) is 32.4 Å². The standard InChI is InChI=1S/C24H21Cl2N3O3/c1-15-6-7-16(2)23(10-15)31-14-18-8-9-22(32-18)24(30)28-17-11-27-29(12-17)13-19-20(25)4-3-5-21(19)26/h3-12H,13-14H2,1-2H3,(H,28,30). The Bertz CT molecular complexity index is 1240. The van der Waals surface area contributed by atoms with Crippen LogP contribution < -0.4 is 10.1 Å². The summed E-state index contributed by atoms with van der Waals surface area (Å²) in [5, 5.41) is 8.15. The van der Waals surface area contributed by atoms with Gasteiger partial charge < -0.3 is 14.5 Å². The lowest BCUT2D eigenvalue weighted by Crippen LogP contribution is -2.10. The topological polar surface area (TPSA) is 69.3 Å². The van der Waals surface area contributed by atoms with Crippen molar-refractivity contribution in [2.24, 2.45) is 0 Å². The molecule has 0 bridgehead atoms. The van der Waals surface area contributed by atoms with Gasteiger partial charge in [-0.3, -0.25) is 9.48 Å². The Kier molecular flexibility index (Phi) is 6.53. The molecule has 32 heavy (non-hydrogen) atoms. The minimum atomic E-state index is -0.377. The average molecular weight is 470 g/mol. The zero-order valence-electron chi connectivity index (χ0n) is 17.6. The minimum absolute atomic E-state index is 0.187. The lowest BCUT2D eigenvalue weighted by Gasteiger charge is -2.08. The number of aryl methyl sites for hydroxylation is 2. The van der Waals surface area contributed by atoms with Gasteiger partial charge in [-0.1, -0.05) is 41.4 Å². The number of nitrogens with zero attached hydrogens (tertiary/aromatic N) is 2. The van der Waals surface area contributed by atoms with Gasteiger partial charge in [0.1, 0.15) is 18.1 Å². The number of carbonyl (C=O) groups is 1. The molecule has 164 valence electrons. The highest BCUT2D eigenvalue weighted by atomic mass is 35.5. The molecule has 4 aromatic rings. The van der Waals surface area contributed by atoms with Gasteiger partial charge in [-0.2, -0.15) is 5.10 Å². The van der Waals surface area contributed by atoms with Crippen molar-refractivity contribution in [2.45, 2.75) is 27.0 Å². The zero-order chi connectivity index (χ0) is 22.7. The van der Waals surface area contributed by atoms with Crippen molar-refractivity contribution in [3.05, 3.63) is 99.2 Å². The van der Waals surface area contributed by atoms with Crippen LogP contribution in [0.25, 0.3) is 0 Å². The van der Waals surface area contributed by atoms with E-state index in [1.807, 2.05) is 32.0 Å². The van der Waals surface area contributed by atoms with Crippen molar-refractivity contribution >= 4 is 34.8 Å². The molecule has 8 heteroatoms. The van der Waals surface area contributed by atoms with Crippen molar-refractivity contribution in [1.82, 2.24) is 9.78 Å². The Morgan fingerprint density at radius 3 is 2.69 bits per heavy atom. The minimum Gasteiger partial charge on any atom is -0.485 e. The first-order valence-corrected chi connectivity index (χ1v) is 10.7. The summed E-state index contributed by atoms with van der Waals surface area (Å²) >= 11 is 12.4. The summed E-state index contributed by atoms with van der Waals surface area (Å²) in [6, 6.07) is 14.7. The van der Waals surface area contributed by atoms with Crippen LogP contribution in [0.5, 0.6) is 5.75 Å². The molecule has 2 heterocycles. The molecule has 6 nitrogen and oxygen atoms in total. The van der Waals surface area contributed by atoms with Crippen LogP contribution in [0.15, 0.2) is 65.3 Å². The van der Waals surface area contributed by atoms with Gasteiger partial charge in [-0.15, -0.1) is 0 Å². The second kappa shape index (κ2) is 9.51. The molecule has 0 atom stereocenters. The molecule has 1 amide bonds. The van der Waals surface area contributed by atoms with Crippen LogP contribution in [0.3, 0.4) is 0 Å². The highest BCUT2D eigenvalue weighted by Crippen LogP contribution is 2.25. The summed E-state index contributed by atoms with van der Waals surface area (Å²) in [6.07, 6.45) is 3.25. The summed E-state index contributed by atoms with van der Waals surface area (Å²) in [7, 11) is 0. The largest absolute Gasteiger partial charge is 0.485 e. The SMILES string of the molecule is Cc1ccc(C)c(OCc2ccc(C(=O)Nc3cnn(Cc4c(Cl)cccc4Cl)c3)o2)c1. The van der Waals surface area contributed by atoms with E-state index < -0.39 is 0 Å². The summed E-state index contributed by atoms with van der Waals surface area (Å²) in [6.45, 7) is 4.60. The Morgan fingerprint density at radius 1 is 1.12 bits per heavy atom. The van der Waals surface area contributed by atoms with Crippen LogP contribution in [-0.2, 0) is 13.2 Å². The van der Waals surface area contributed by atoms with E-state index in [1.165, 1.54) is 0 Å². The van der Waals surface area contributed by atoms with E-state index in [1.54, 1.807) is 47.4 Å². The molecule has 0 saturated heterocycles. The fraction of sp³-hybridized carbons (Fsp3) is 0.167. The summed E-state index contributed by atoms with van der Waals surface area (Å²) in [4.78, 5) is 12.6. The third-order valence-electron chi connectivity index (χ3n) is 4.87. The number of ether oxygens (including phenoxy) is 1. The fourth-order valence-corrected chi connectivity index (χ4v) is 3.66. The van der Waals surface area contributed by atoms with Crippen LogP contribution in [0.4, 0.5) is 5.69 Å². The lowest BCUT2D eigenvalue weighted by atomic mass is 10.1. The number of amides is 1. The van der Waals surface area contributed by atoms with Gasteiger partial charge in [-0.05, 0) is 55.3 Å². The first-order valence-electron chi connectivity index (χ1n) is 9.94. The van der Waals surface area contributed by atoms with Crippen molar-refractivity contribution in [2.75, 3.05) is 5.32 Å². The summed E-state index contributed by atoms with van der Waals surface area (Å²) in [5.41, 5.74) is 3.44. The van der Waals surface area contributed by atoms with E-state index in [9.17, 15) is 4.79 Å². The molecule has 4 rings (SSSR count). The summed E-state index contributed by atoms with van der Waals surface area (Å²) in [5.74, 6) is 1.16. The molecule has 2 aromatic carbocycles. The molecule has 0 aliphatic rings. The molecule has 2 aromatic heterocycles. The Labute approximate surface area is 195 Å². The maximum atomic E-state index is 12.6. The van der Waals surface area contributed by atoms with E-state index in [0.29, 0.717) is 28.0 Å². The second-order valence-electron chi connectivity index (χ2n) is 7.40. The fourth-order valence-electron chi connectivity index (χ4n) is 3.14. The number of benzene rings is 2. The maximum Gasteiger partial charge on any atom is 0.291 e. The van der Waals surface area contributed by atoms with Crippen LogP contribution >= 0.6 is 23.2 Å². The molecule has 0 radical (unpaired) electrons. The summed E-state index contributed by atoms with van der Waals surface area (Å²) < 4.78 is 13.1. The van der Waals surface area contributed by atoms with E-state index in [0.717, 1.165) is 22.4 Å². The number of furan rings is 1. The van der Waals surface area contributed by atoms with Gasteiger partial charge in [0.15, 0.2) is 5.76 Å². The smallest absolute Gasteiger partial charge is 0.291 e. The Hall–Kier alpha value is -3.22. The number of hydrogen-bond acceptors (Lipinski definition) is 4. The Morgan fingerprint density at radius 2 is 1.91 bits per heavy atom. The third-order valence-corrected chi connectivity index (χ3v) is 5.58. The van der Waals surface area contributed by atoms with Crippen molar-refractivity contribution in [1.29, 1.82) is 0 Å². The zero-order valence-corrected chi connectivity index (χ0v) is 19.1. The average Bonchev–Trinajstić information content (AvgIpc) is 3.41. The van der Waals surface area contributed by atoms with Crippen molar-refractivity contribution < 1.29 is 13.9 Å². The lowest BCUT2D eigenvalue weighted by molar-refractivity contribution is 0.0992. The van der Waals surface area contributed by atoms with E-state index in [2.05, 4.69) is 10.4 Å². The normalized spacial score (nSPS) is 10.9. The highest BCUT2D eigenvalue weighted by Gasteiger charge is 2.14. The maximum absolute atomic E-state index is 12.6. The number of hydrogen-bond donors (Lipinski definition) is 1. The van der Waals surface area contributed by atoms with Crippen molar-refractivity contribution in [3.8, 4) is 5.75 Å².